The van der Waals surface area contributed by atoms with Crippen LogP contribution in [0.25, 0.3) is 22.3 Å². The predicted octanol–water partition coefficient (Wildman–Crippen LogP) is 6.64. The second kappa shape index (κ2) is 10.2. The number of hydrogen-bond donors (Lipinski definition) is 1. The van der Waals surface area contributed by atoms with E-state index in [-0.39, 0.29) is 5.78 Å². The van der Waals surface area contributed by atoms with E-state index in [0.717, 1.165) is 52.4 Å². The Morgan fingerprint density at radius 3 is 2.68 bits per heavy atom. The first-order chi connectivity index (χ1) is 15.2. The van der Waals surface area contributed by atoms with Gasteiger partial charge in [0.1, 0.15) is 0 Å². The van der Waals surface area contributed by atoms with E-state index in [1.54, 1.807) is 6.20 Å². The van der Waals surface area contributed by atoms with E-state index in [1.807, 2.05) is 48.5 Å². The van der Waals surface area contributed by atoms with E-state index in [2.05, 4.69) is 26.7 Å². The largest absolute Gasteiger partial charge is 0.360 e. The number of para-hydroxylation sites is 1. The third kappa shape index (κ3) is 5.02. The SMILES string of the molecule is CCCCCCn1c(SCC(=O)c2c[nH]c3ccccc23)nnc1-c1ccc(Cl)cc1. The van der Waals surface area contributed by atoms with Gasteiger partial charge in [-0.3, -0.25) is 4.79 Å². The van der Waals surface area contributed by atoms with E-state index in [0.29, 0.717) is 10.8 Å². The van der Waals surface area contributed by atoms with E-state index >= 15 is 0 Å². The number of ketones is 1. The molecule has 2 aromatic carbocycles. The van der Waals surface area contributed by atoms with Crippen molar-refractivity contribution in [1.29, 1.82) is 0 Å². The van der Waals surface area contributed by atoms with Gasteiger partial charge in [-0.25, -0.2) is 0 Å². The zero-order valence-corrected chi connectivity index (χ0v) is 19.0. The fourth-order valence-corrected chi connectivity index (χ4v) is 4.59. The summed E-state index contributed by atoms with van der Waals surface area (Å²) in [5, 5.41) is 11.3. The van der Waals surface area contributed by atoms with Crippen molar-refractivity contribution in [2.45, 2.75) is 44.3 Å². The molecule has 0 spiro atoms. The number of thioether (sulfide) groups is 1. The number of H-pyrrole nitrogens is 1. The van der Waals surface area contributed by atoms with Crippen LogP contribution in [0.1, 0.15) is 43.0 Å². The first kappa shape index (κ1) is 21.7. The van der Waals surface area contributed by atoms with Gasteiger partial charge < -0.3 is 9.55 Å². The van der Waals surface area contributed by atoms with Crippen LogP contribution in [0, 0.1) is 0 Å². The summed E-state index contributed by atoms with van der Waals surface area (Å²) in [6.07, 6.45) is 6.40. The van der Waals surface area contributed by atoms with Crippen molar-refractivity contribution in [3.05, 3.63) is 65.3 Å². The Morgan fingerprint density at radius 1 is 1.06 bits per heavy atom. The molecule has 0 aliphatic heterocycles. The van der Waals surface area contributed by atoms with Crippen molar-refractivity contribution in [2.75, 3.05) is 5.75 Å². The maximum Gasteiger partial charge on any atom is 0.191 e. The van der Waals surface area contributed by atoms with Crippen LogP contribution in [0.5, 0.6) is 0 Å². The number of halogens is 1. The Hall–Kier alpha value is -2.57. The Kier molecular flexibility index (Phi) is 7.10. The van der Waals surface area contributed by atoms with Crippen LogP contribution in [0.3, 0.4) is 0 Å². The second-order valence-corrected chi connectivity index (χ2v) is 8.86. The molecule has 0 saturated heterocycles. The Balaban J connectivity index is 1.53. The van der Waals surface area contributed by atoms with Gasteiger partial charge in [-0.05, 0) is 36.8 Å². The first-order valence-electron chi connectivity index (χ1n) is 10.6. The molecule has 7 heteroatoms. The first-order valence-corrected chi connectivity index (χ1v) is 11.9. The Bertz CT molecular complexity index is 1170. The molecule has 0 fully saturated rings. The summed E-state index contributed by atoms with van der Waals surface area (Å²) in [4.78, 5) is 16.1. The Morgan fingerprint density at radius 2 is 1.87 bits per heavy atom. The molecule has 5 nitrogen and oxygen atoms in total. The van der Waals surface area contributed by atoms with Crippen LogP contribution in [-0.4, -0.2) is 31.3 Å². The molecule has 160 valence electrons. The summed E-state index contributed by atoms with van der Waals surface area (Å²) < 4.78 is 2.13. The highest BCUT2D eigenvalue weighted by atomic mass is 35.5. The third-order valence-corrected chi connectivity index (χ3v) is 6.50. The van der Waals surface area contributed by atoms with Gasteiger partial charge in [-0.15, -0.1) is 10.2 Å². The van der Waals surface area contributed by atoms with Gasteiger partial charge in [0, 0.05) is 39.8 Å². The second-order valence-electron chi connectivity index (χ2n) is 7.49. The minimum Gasteiger partial charge on any atom is -0.360 e. The zero-order chi connectivity index (χ0) is 21.6. The van der Waals surface area contributed by atoms with Crippen LogP contribution in [0.15, 0.2) is 59.9 Å². The normalized spacial score (nSPS) is 11.3. The van der Waals surface area contributed by atoms with Gasteiger partial charge in [-0.1, -0.05) is 67.7 Å². The molecular formula is C24H25ClN4OS. The van der Waals surface area contributed by atoms with Crippen LogP contribution < -0.4 is 0 Å². The average Bonchev–Trinajstić information content (AvgIpc) is 3.40. The molecule has 2 heterocycles. The summed E-state index contributed by atoms with van der Waals surface area (Å²) in [7, 11) is 0. The number of carbonyl (C=O) groups is 1. The molecule has 1 N–H and O–H groups in total. The molecule has 0 atom stereocenters. The quantitative estimate of drug-likeness (QED) is 0.166. The van der Waals surface area contributed by atoms with E-state index in [1.165, 1.54) is 24.6 Å². The number of aromatic nitrogens is 4. The van der Waals surface area contributed by atoms with Gasteiger partial charge >= 0.3 is 0 Å². The van der Waals surface area contributed by atoms with Crippen molar-refractivity contribution < 1.29 is 4.79 Å². The van der Waals surface area contributed by atoms with Crippen LogP contribution in [0.2, 0.25) is 5.02 Å². The molecule has 0 unspecified atom stereocenters. The van der Waals surface area contributed by atoms with E-state index in [9.17, 15) is 4.79 Å². The molecule has 4 rings (SSSR count). The molecule has 0 amide bonds. The average molecular weight is 453 g/mol. The smallest absolute Gasteiger partial charge is 0.191 e. The number of aromatic amines is 1. The number of nitrogens with one attached hydrogen (secondary N) is 1. The van der Waals surface area contributed by atoms with Crippen LogP contribution in [0.4, 0.5) is 0 Å². The summed E-state index contributed by atoms with van der Waals surface area (Å²) in [5.41, 5.74) is 2.66. The maximum absolute atomic E-state index is 12.9. The predicted molar refractivity (Wildman–Crippen MR) is 128 cm³/mol. The molecule has 0 saturated carbocycles. The molecule has 2 aromatic heterocycles. The van der Waals surface area contributed by atoms with E-state index in [4.69, 9.17) is 11.6 Å². The highest BCUT2D eigenvalue weighted by molar-refractivity contribution is 7.99. The van der Waals surface area contributed by atoms with Crippen molar-refractivity contribution >= 4 is 40.0 Å². The molecule has 0 radical (unpaired) electrons. The number of Topliss-reactive ketones (excluding diaryl/α,β-unsaturated/α-hetero) is 1. The summed E-state index contributed by atoms with van der Waals surface area (Å²) >= 11 is 7.49. The van der Waals surface area contributed by atoms with Crippen molar-refractivity contribution in [3.8, 4) is 11.4 Å². The standard InChI is InChI=1S/C24H25ClN4OS/c1-2-3-4-7-14-29-23(17-10-12-18(25)13-11-17)27-28-24(29)31-16-22(30)20-15-26-21-9-6-5-8-19(20)21/h5-6,8-13,15,26H,2-4,7,14,16H2,1H3. The summed E-state index contributed by atoms with van der Waals surface area (Å²) in [6.45, 7) is 3.03. The summed E-state index contributed by atoms with van der Waals surface area (Å²) in [5.74, 6) is 1.21. The molecular weight excluding hydrogens is 428 g/mol. The number of fused-ring (bicyclic) bond motifs is 1. The molecule has 0 aliphatic rings. The van der Waals surface area contributed by atoms with E-state index < -0.39 is 0 Å². The highest BCUT2D eigenvalue weighted by Gasteiger charge is 2.17. The number of rotatable bonds is 10. The van der Waals surface area contributed by atoms with Gasteiger partial charge in [0.2, 0.25) is 0 Å². The summed E-state index contributed by atoms with van der Waals surface area (Å²) in [6, 6.07) is 15.5. The highest BCUT2D eigenvalue weighted by Crippen LogP contribution is 2.27. The fourth-order valence-electron chi connectivity index (χ4n) is 3.62. The molecule has 4 aromatic rings. The number of nitrogens with zero attached hydrogens (tertiary/aromatic N) is 3. The maximum atomic E-state index is 12.9. The number of carbonyl (C=O) groups excluding carboxylic acids is 1. The van der Waals surface area contributed by atoms with Crippen molar-refractivity contribution in [1.82, 2.24) is 19.7 Å². The van der Waals surface area contributed by atoms with Crippen LogP contribution in [-0.2, 0) is 6.54 Å². The lowest BCUT2D eigenvalue weighted by atomic mass is 10.1. The lowest BCUT2D eigenvalue weighted by Crippen LogP contribution is -2.06. The molecule has 0 bridgehead atoms. The lowest BCUT2D eigenvalue weighted by molar-refractivity contribution is 0.102. The van der Waals surface area contributed by atoms with Gasteiger partial charge in [0.05, 0.1) is 5.75 Å². The minimum atomic E-state index is 0.0797. The Labute approximate surface area is 191 Å². The number of unbranched alkanes of at least 4 members (excludes halogenated alkanes) is 3. The topological polar surface area (TPSA) is 63.6 Å². The van der Waals surface area contributed by atoms with Crippen LogP contribution >= 0.6 is 23.4 Å². The zero-order valence-electron chi connectivity index (χ0n) is 17.5. The number of benzene rings is 2. The molecule has 0 aliphatic carbocycles. The molecule has 31 heavy (non-hydrogen) atoms. The number of hydrogen-bond acceptors (Lipinski definition) is 4. The fraction of sp³-hybridized carbons (Fsp3) is 0.292. The minimum absolute atomic E-state index is 0.0797. The third-order valence-electron chi connectivity index (χ3n) is 5.28. The lowest BCUT2D eigenvalue weighted by Gasteiger charge is -2.10. The van der Waals surface area contributed by atoms with Gasteiger partial charge in [0.25, 0.3) is 0 Å². The van der Waals surface area contributed by atoms with Gasteiger partial charge in [-0.2, -0.15) is 0 Å². The van der Waals surface area contributed by atoms with Gasteiger partial charge in [0.15, 0.2) is 16.8 Å². The van der Waals surface area contributed by atoms with Crippen molar-refractivity contribution in [3.63, 3.8) is 0 Å². The van der Waals surface area contributed by atoms with Crippen molar-refractivity contribution in [2.24, 2.45) is 0 Å². The monoisotopic (exact) mass is 452 g/mol.